The number of halogens is 1. The Morgan fingerprint density at radius 2 is 2.03 bits per heavy atom. The van der Waals surface area contributed by atoms with Gasteiger partial charge in [-0.05, 0) is 44.5 Å². The molecule has 2 aromatic rings. The van der Waals surface area contributed by atoms with Gasteiger partial charge in [-0.25, -0.2) is 22.8 Å². The Kier molecular flexibility index (Phi) is 5.78. The van der Waals surface area contributed by atoms with Crippen molar-refractivity contribution >= 4 is 15.8 Å². The van der Waals surface area contributed by atoms with Gasteiger partial charge in [0.05, 0.1) is 10.6 Å². The molecule has 9 heteroatoms. The van der Waals surface area contributed by atoms with Gasteiger partial charge in [0.15, 0.2) is 0 Å². The van der Waals surface area contributed by atoms with Crippen molar-refractivity contribution in [2.45, 2.75) is 43.5 Å². The summed E-state index contributed by atoms with van der Waals surface area (Å²) in [7, 11) is 0.162. The van der Waals surface area contributed by atoms with Gasteiger partial charge in [0.1, 0.15) is 17.5 Å². The van der Waals surface area contributed by atoms with E-state index in [0.29, 0.717) is 24.5 Å². The second-order valence-corrected chi connectivity index (χ2v) is 10.1. The number of aryl methyl sites for hydroxylation is 1. The Morgan fingerprint density at radius 1 is 1.23 bits per heavy atom. The third-order valence-electron chi connectivity index (χ3n) is 6.04. The number of hydrogen-bond acceptors (Lipinski definition) is 6. The summed E-state index contributed by atoms with van der Waals surface area (Å²) in [6, 6.07) is 4.09. The molecule has 0 spiro atoms. The lowest BCUT2D eigenvalue weighted by molar-refractivity contribution is 0.300. The standard InChI is InChI=1S/C21H28FN5O2S/c1-14-6-7-16(11-18(14)22)30(28,29)27-9-4-5-15(12-27)20-24-19-8-10-26(3)13-17(19)21(23-2)25-20/h6-7,11,15H,4-5,8-10,12-13H2,1-3H3,(H,23,24,25). The quantitative estimate of drug-likeness (QED) is 0.798. The number of fused-ring (bicyclic) bond motifs is 1. The van der Waals surface area contributed by atoms with Crippen LogP contribution in [-0.2, 0) is 23.0 Å². The fourth-order valence-corrected chi connectivity index (χ4v) is 5.75. The van der Waals surface area contributed by atoms with Crippen molar-refractivity contribution in [1.82, 2.24) is 19.2 Å². The molecule has 0 aliphatic carbocycles. The molecular weight excluding hydrogens is 405 g/mol. The van der Waals surface area contributed by atoms with E-state index >= 15 is 0 Å². The zero-order valence-electron chi connectivity index (χ0n) is 17.7. The van der Waals surface area contributed by atoms with E-state index in [0.717, 1.165) is 55.5 Å². The first-order valence-corrected chi connectivity index (χ1v) is 11.8. The van der Waals surface area contributed by atoms with Crippen LogP contribution in [0.3, 0.4) is 0 Å². The lowest BCUT2D eigenvalue weighted by atomic mass is 9.97. The van der Waals surface area contributed by atoms with Gasteiger partial charge in [-0.15, -0.1) is 0 Å². The van der Waals surface area contributed by atoms with Crippen LogP contribution >= 0.6 is 0 Å². The van der Waals surface area contributed by atoms with E-state index in [1.807, 2.05) is 7.05 Å². The van der Waals surface area contributed by atoms with E-state index in [1.54, 1.807) is 6.92 Å². The Balaban J connectivity index is 1.62. The smallest absolute Gasteiger partial charge is 0.243 e. The highest BCUT2D eigenvalue weighted by Gasteiger charge is 2.33. The highest BCUT2D eigenvalue weighted by Crippen LogP contribution is 2.32. The fourth-order valence-electron chi connectivity index (χ4n) is 4.21. The predicted octanol–water partition coefficient (Wildman–Crippen LogP) is 2.52. The van der Waals surface area contributed by atoms with Crippen molar-refractivity contribution in [3.8, 4) is 0 Å². The number of likely N-dealkylation sites (N-methyl/N-ethyl adjacent to an activating group) is 1. The molecule has 1 aromatic carbocycles. The zero-order chi connectivity index (χ0) is 21.5. The van der Waals surface area contributed by atoms with Gasteiger partial charge in [-0.3, -0.25) is 0 Å². The van der Waals surface area contributed by atoms with Gasteiger partial charge in [0, 0.05) is 51.1 Å². The van der Waals surface area contributed by atoms with Crippen LogP contribution < -0.4 is 5.32 Å². The normalized spacial score (nSPS) is 20.7. The van der Waals surface area contributed by atoms with Gasteiger partial charge in [-0.1, -0.05) is 6.07 Å². The van der Waals surface area contributed by atoms with Crippen molar-refractivity contribution in [3.63, 3.8) is 0 Å². The summed E-state index contributed by atoms with van der Waals surface area (Å²) < 4.78 is 41.7. The molecule has 3 heterocycles. The highest BCUT2D eigenvalue weighted by molar-refractivity contribution is 7.89. The molecular formula is C21H28FN5O2S. The molecule has 2 aliphatic heterocycles. The molecule has 4 rings (SSSR count). The van der Waals surface area contributed by atoms with Crippen molar-refractivity contribution < 1.29 is 12.8 Å². The first-order valence-electron chi connectivity index (χ1n) is 10.3. The molecule has 30 heavy (non-hydrogen) atoms. The summed E-state index contributed by atoms with van der Waals surface area (Å²) in [4.78, 5) is 11.8. The first-order chi connectivity index (χ1) is 14.3. The number of sulfonamides is 1. The number of piperidine rings is 1. The summed E-state index contributed by atoms with van der Waals surface area (Å²) in [5.74, 6) is 0.923. The summed E-state index contributed by atoms with van der Waals surface area (Å²) >= 11 is 0. The Labute approximate surface area is 177 Å². The Hall–Kier alpha value is -2.10. The molecule has 1 saturated heterocycles. The number of anilines is 1. The number of nitrogens with one attached hydrogen (secondary N) is 1. The summed E-state index contributed by atoms with van der Waals surface area (Å²) in [5, 5.41) is 3.18. The summed E-state index contributed by atoms with van der Waals surface area (Å²) in [6.07, 6.45) is 2.40. The van der Waals surface area contributed by atoms with Crippen molar-refractivity contribution in [1.29, 1.82) is 0 Å². The number of nitrogens with zero attached hydrogens (tertiary/aromatic N) is 4. The second-order valence-electron chi connectivity index (χ2n) is 8.21. The average molecular weight is 434 g/mol. The van der Waals surface area contributed by atoms with E-state index < -0.39 is 15.8 Å². The molecule has 1 N–H and O–H groups in total. The maximum atomic E-state index is 14.0. The van der Waals surface area contributed by atoms with Crippen LogP contribution in [0.15, 0.2) is 23.1 Å². The van der Waals surface area contributed by atoms with E-state index in [4.69, 9.17) is 9.97 Å². The third-order valence-corrected chi connectivity index (χ3v) is 7.90. The van der Waals surface area contributed by atoms with Gasteiger partial charge < -0.3 is 10.2 Å². The largest absolute Gasteiger partial charge is 0.373 e. The summed E-state index contributed by atoms with van der Waals surface area (Å²) in [5.41, 5.74) is 2.59. The van der Waals surface area contributed by atoms with Crippen LogP contribution in [0.25, 0.3) is 0 Å². The van der Waals surface area contributed by atoms with Gasteiger partial charge in [0.2, 0.25) is 10.0 Å². The molecule has 2 aliphatic rings. The molecule has 1 fully saturated rings. The molecule has 7 nitrogen and oxygen atoms in total. The summed E-state index contributed by atoms with van der Waals surface area (Å²) in [6.45, 7) is 4.09. The monoisotopic (exact) mass is 433 g/mol. The van der Waals surface area contributed by atoms with Crippen LogP contribution in [0.2, 0.25) is 0 Å². The van der Waals surface area contributed by atoms with Gasteiger partial charge in [0.25, 0.3) is 0 Å². The van der Waals surface area contributed by atoms with Crippen LogP contribution in [-0.4, -0.2) is 61.3 Å². The molecule has 1 atom stereocenters. The molecule has 0 radical (unpaired) electrons. The fraction of sp³-hybridized carbons (Fsp3) is 0.524. The van der Waals surface area contributed by atoms with Crippen molar-refractivity contribution in [2.75, 3.05) is 39.0 Å². The molecule has 162 valence electrons. The van der Waals surface area contributed by atoms with E-state index in [-0.39, 0.29) is 10.8 Å². The topological polar surface area (TPSA) is 78.4 Å². The lowest BCUT2D eigenvalue weighted by Gasteiger charge is -2.32. The van der Waals surface area contributed by atoms with Gasteiger partial charge >= 0.3 is 0 Å². The maximum absolute atomic E-state index is 14.0. The van der Waals surface area contributed by atoms with E-state index in [2.05, 4.69) is 17.3 Å². The van der Waals surface area contributed by atoms with E-state index in [9.17, 15) is 12.8 Å². The predicted molar refractivity (Wildman–Crippen MR) is 113 cm³/mol. The highest BCUT2D eigenvalue weighted by atomic mass is 32.2. The number of benzene rings is 1. The Bertz CT molecular complexity index is 1040. The van der Waals surface area contributed by atoms with Crippen LogP contribution in [0.1, 0.15) is 41.4 Å². The van der Waals surface area contributed by atoms with Crippen LogP contribution in [0, 0.1) is 12.7 Å². The minimum Gasteiger partial charge on any atom is -0.373 e. The number of rotatable bonds is 4. The second kappa shape index (κ2) is 8.20. The zero-order valence-corrected chi connectivity index (χ0v) is 18.5. The Morgan fingerprint density at radius 3 is 2.77 bits per heavy atom. The minimum atomic E-state index is -3.77. The van der Waals surface area contributed by atoms with Gasteiger partial charge in [-0.2, -0.15) is 4.31 Å². The number of hydrogen-bond donors (Lipinski definition) is 1. The molecule has 0 bridgehead atoms. The molecule has 1 aromatic heterocycles. The minimum absolute atomic E-state index is 0.00318. The van der Waals surface area contributed by atoms with Crippen LogP contribution in [0.4, 0.5) is 10.2 Å². The number of aromatic nitrogens is 2. The average Bonchev–Trinajstić information content (AvgIpc) is 2.75. The molecule has 0 amide bonds. The van der Waals surface area contributed by atoms with Crippen molar-refractivity contribution in [3.05, 3.63) is 46.7 Å². The van der Waals surface area contributed by atoms with Crippen molar-refractivity contribution in [2.24, 2.45) is 0 Å². The first kappa shape index (κ1) is 21.1. The van der Waals surface area contributed by atoms with Crippen LogP contribution in [0.5, 0.6) is 0 Å². The lowest BCUT2D eigenvalue weighted by Crippen LogP contribution is -2.40. The molecule has 0 saturated carbocycles. The SMILES string of the molecule is CNc1nc(C2CCCN(S(=O)(=O)c3ccc(C)c(F)c3)C2)nc2c1CN(C)CC2. The third kappa shape index (κ3) is 3.93. The van der Waals surface area contributed by atoms with E-state index in [1.165, 1.54) is 16.4 Å². The molecule has 1 unspecified atom stereocenters. The maximum Gasteiger partial charge on any atom is 0.243 e.